The Balaban J connectivity index is 2.71. The van der Waals surface area contributed by atoms with Crippen LogP contribution in [-0.2, 0) is 4.74 Å². The molecule has 0 aliphatic heterocycles. The molecule has 76 valence electrons. The van der Waals surface area contributed by atoms with Crippen LogP contribution in [0, 0.1) is 0 Å². The quantitative estimate of drug-likeness (QED) is 0.678. The highest BCUT2D eigenvalue weighted by molar-refractivity contribution is 5.12. The van der Waals surface area contributed by atoms with Gasteiger partial charge in [-0.2, -0.15) is 0 Å². The maximum absolute atomic E-state index is 6.12. The molecule has 0 aromatic heterocycles. The molecule has 1 atom stereocenters. The summed E-state index contributed by atoms with van der Waals surface area (Å²) in [6.07, 6.45) is 4.66. The van der Waals surface area contributed by atoms with Gasteiger partial charge in [-0.25, -0.2) is 0 Å². The van der Waals surface area contributed by atoms with Crippen LogP contribution in [0.2, 0.25) is 0 Å². The Bertz CT molecular complexity index is 183. The fourth-order valence-corrected chi connectivity index (χ4v) is 2.26. The van der Waals surface area contributed by atoms with Crippen molar-refractivity contribution in [1.29, 1.82) is 0 Å². The lowest BCUT2D eigenvalue weighted by Crippen LogP contribution is -2.48. The molecule has 0 saturated heterocycles. The minimum Gasteiger partial charge on any atom is -0.373 e. The molecule has 1 rings (SSSR count). The predicted molar refractivity (Wildman–Crippen MR) is 55.6 cm³/mol. The van der Waals surface area contributed by atoms with E-state index in [4.69, 9.17) is 10.5 Å². The van der Waals surface area contributed by atoms with Gasteiger partial charge in [-0.3, -0.25) is 0 Å². The normalized spacial score (nSPS) is 23.0. The number of ether oxygens (including phenoxy) is 1. The van der Waals surface area contributed by atoms with Crippen molar-refractivity contribution in [1.82, 2.24) is 0 Å². The zero-order chi connectivity index (χ0) is 9.90. The highest BCUT2D eigenvalue weighted by atomic mass is 16.5. The largest absolute Gasteiger partial charge is 0.373 e. The lowest BCUT2D eigenvalue weighted by Gasteiger charge is -2.35. The first-order valence-electron chi connectivity index (χ1n) is 5.17. The standard InChI is InChI=1S/C11H21NO/c1-4-13-11(7-5-6-8-11)10(12)9(2)3/h10H,2,4-8,12H2,1,3H3. The zero-order valence-corrected chi connectivity index (χ0v) is 8.81. The number of hydrogen-bond donors (Lipinski definition) is 1. The highest BCUT2D eigenvalue weighted by Gasteiger charge is 2.40. The SMILES string of the molecule is C=C(C)C(N)C1(OCC)CCCC1. The van der Waals surface area contributed by atoms with Crippen molar-refractivity contribution in [2.75, 3.05) is 6.61 Å². The first-order valence-corrected chi connectivity index (χ1v) is 5.17. The molecule has 1 saturated carbocycles. The second-order valence-electron chi connectivity index (χ2n) is 4.03. The second kappa shape index (κ2) is 4.25. The predicted octanol–water partition coefficient (Wildman–Crippen LogP) is 2.24. The van der Waals surface area contributed by atoms with Gasteiger partial charge in [0.2, 0.25) is 0 Å². The first kappa shape index (κ1) is 10.7. The third-order valence-corrected chi connectivity index (χ3v) is 2.98. The van der Waals surface area contributed by atoms with E-state index in [2.05, 4.69) is 6.58 Å². The molecule has 0 aromatic rings. The molecule has 1 unspecified atom stereocenters. The molecule has 1 aliphatic carbocycles. The summed E-state index contributed by atoms with van der Waals surface area (Å²) in [5, 5.41) is 0. The summed E-state index contributed by atoms with van der Waals surface area (Å²) in [6.45, 7) is 8.70. The maximum Gasteiger partial charge on any atom is 0.0870 e. The molecular formula is C11H21NO. The Morgan fingerprint density at radius 1 is 1.54 bits per heavy atom. The van der Waals surface area contributed by atoms with E-state index in [1.165, 1.54) is 12.8 Å². The average molecular weight is 183 g/mol. The summed E-state index contributed by atoms with van der Waals surface area (Å²) < 4.78 is 5.83. The van der Waals surface area contributed by atoms with E-state index in [0.717, 1.165) is 25.0 Å². The first-order chi connectivity index (χ1) is 6.12. The molecule has 0 amide bonds. The van der Waals surface area contributed by atoms with E-state index in [0.29, 0.717) is 0 Å². The van der Waals surface area contributed by atoms with E-state index < -0.39 is 0 Å². The monoisotopic (exact) mass is 183 g/mol. The van der Waals surface area contributed by atoms with Crippen molar-refractivity contribution < 1.29 is 4.74 Å². The van der Waals surface area contributed by atoms with E-state index in [1.807, 2.05) is 13.8 Å². The van der Waals surface area contributed by atoms with Crippen molar-refractivity contribution in [3.63, 3.8) is 0 Å². The lowest BCUT2D eigenvalue weighted by molar-refractivity contribution is -0.0447. The van der Waals surface area contributed by atoms with Crippen LogP contribution in [-0.4, -0.2) is 18.2 Å². The number of rotatable bonds is 4. The minimum atomic E-state index is -0.0966. The van der Waals surface area contributed by atoms with E-state index in [-0.39, 0.29) is 11.6 Å². The van der Waals surface area contributed by atoms with Gasteiger partial charge in [0.05, 0.1) is 11.6 Å². The van der Waals surface area contributed by atoms with Crippen molar-refractivity contribution in [2.24, 2.45) is 5.73 Å². The van der Waals surface area contributed by atoms with Crippen molar-refractivity contribution in [3.05, 3.63) is 12.2 Å². The average Bonchev–Trinajstić information content (AvgIpc) is 2.53. The number of nitrogens with two attached hydrogens (primary N) is 1. The Hall–Kier alpha value is -0.340. The molecule has 2 N–H and O–H groups in total. The van der Waals surface area contributed by atoms with Gasteiger partial charge >= 0.3 is 0 Å². The van der Waals surface area contributed by atoms with Gasteiger partial charge in [0.25, 0.3) is 0 Å². The Morgan fingerprint density at radius 2 is 2.08 bits per heavy atom. The van der Waals surface area contributed by atoms with Crippen LogP contribution in [0.4, 0.5) is 0 Å². The molecule has 1 aliphatic rings. The van der Waals surface area contributed by atoms with Crippen LogP contribution < -0.4 is 5.73 Å². The van der Waals surface area contributed by atoms with Crippen LogP contribution >= 0.6 is 0 Å². The van der Waals surface area contributed by atoms with Gasteiger partial charge < -0.3 is 10.5 Å². The Labute approximate surface area is 81.1 Å². The van der Waals surface area contributed by atoms with Gasteiger partial charge in [0, 0.05) is 6.61 Å². The van der Waals surface area contributed by atoms with Gasteiger partial charge in [-0.15, -0.1) is 0 Å². The van der Waals surface area contributed by atoms with Gasteiger partial charge in [-0.1, -0.05) is 25.0 Å². The van der Waals surface area contributed by atoms with E-state index in [1.54, 1.807) is 0 Å². The lowest BCUT2D eigenvalue weighted by atomic mass is 9.88. The summed E-state index contributed by atoms with van der Waals surface area (Å²) >= 11 is 0. The topological polar surface area (TPSA) is 35.2 Å². The molecule has 13 heavy (non-hydrogen) atoms. The minimum absolute atomic E-state index is 0.00921. The molecule has 0 heterocycles. The molecule has 0 aromatic carbocycles. The summed E-state index contributed by atoms with van der Waals surface area (Å²) in [7, 11) is 0. The molecule has 0 bridgehead atoms. The van der Waals surface area contributed by atoms with Gasteiger partial charge in [0.15, 0.2) is 0 Å². The van der Waals surface area contributed by atoms with Crippen LogP contribution in [0.15, 0.2) is 12.2 Å². The number of hydrogen-bond acceptors (Lipinski definition) is 2. The molecular weight excluding hydrogens is 162 g/mol. The van der Waals surface area contributed by atoms with Crippen LogP contribution in [0.1, 0.15) is 39.5 Å². The highest BCUT2D eigenvalue weighted by Crippen LogP contribution is 2.37. The summed E-state index contributed by atoms with van der Waals surface area (Å²) in [5.74, 6) is 0. The Morgan fingerprint density at radius 3 is 2.46 bits per heavy atom. The Kier molecular flexibility index (Phi) is 3.51. The smallest absolute Gasteiger partial charge is 0.0870 e. The summed E-state index contributed by atoms with van der Waals surface area (Å²) in [5.41, 5.74) is 7.06. The summed E-state index contributed by atoms with van der Waals surface area (Å²) in [4.78, 5) is 0. The van der Waals surface area contributed by atoms with Gasteiger partial charge in [-0.05, 0) is 26.7 Å². The van der Waals surface area contributed by atoms with Gasteiger partial charge in [0.1, 0.15) is 0 Å². The van der Waals surface area contributed by atoms with Crippen molar-refractivity contribution >= 4 is 0 Å². The fraction of sp³-hybridized carbons (Fsp3) is 0.818. The molecule has 1 fully saturated rings. The second-order valence-corrected chi connectivity index (χ2v) is 4.03. The zero-order valence-electron chi connectivity index (χ0n) is 8.81. The maximum atomic E-state index is 6.12. The van der Waals surface area contributed by atoms with Crippen LogP contribution in [0.25, 0.3) is 0 Å². The molecule has 2 nitrogen and oxygen atoms in total. The third kappa shape index (κ3) is 2.12. The molecule has 0 radical (unpaired) electrons. The van der Waals surface area contributed by atoms with E-state index >= 15 is 0 Å². The molecule has 2 heteroatoms. The molecule has 0 spiro atoms. The summed E-state index contributed by atoms with van der Waals surface area (Å²) in [6, 6.07) is 0.00921. The van der Waals surface area contributed by atoms with Crippen LogP contribution in [0.5, 0.6) is 0 Å². The van der Waals surface area contributed by atoms with E-state index in [9.17, 15) is 0 Å². The third-order valence-electron chi connectivity index (χ3n) is 2.98. The van der Waals surface area contributed by atoms with Crippen molar-refractivity contribution in [2.45, 2.75) is 51.2 Å². The fourth-order valence-electron chi connectivity index (χ4n) is 2.26. The van der Waals surface area contributed by atoms with Crippen LogP contribution in [0.3, 0.4) is 0 Å². The van der Waals surface area contributed by atoms with Crippen molar-refractivity contribution in [3.8, 4) is 0 Å².